The van der Waals surface area contributed by atoms with Gasteiger partial charge in [0.1, 0.15) is 5.54 Å². The van der Waals surface area contributed by atoms with Crippen molar-refractivity contribution in [2.24, 2.45) is 5.92 Å². The maximum Gasteiger partial charge on any atom is 0.322 e. The first-order chi connectivity index (χ1) is 13.9. The molecule has 0 unspecified atom stereocenters. The predicted molar refractivity (Wildman–Crippen MR) is 107 cm³/mol. The molecule has 1 atom stereocenters. The van der Waals surface area contributed by atoms with Gasteiger partial charge in [-0.1, -0.05) is 12.1 Å². The van der Waals surface area contributed by atoms with Gasteiger partial charge in [-0.25, -0.2) is 4.79 Å². The first kappa shape index (κ1) is 19.8. The van der Waals surface area contributed by atoms with Crippen LogP contribution in [-0.2, 0) is 9.59 Å². The number of hydrogen-bond donors (Lipinski definition) is 2. The molecule has 29 heavy (non-hydrogen) atoms. The molecule has 1 aliphatic carbocycles. The lowest BCUT2D eigenvalue weighted by molar-refractivity contribution is -0.134. The second kappa shape index (κ2) is 7.70. The third-order valence-corrected chi connectivity index (χ3v) is 6.95. The van der Waals surface area contributed by atoms with Gasteiger partial charge in [0, 0.05) is 42.7 Å². The van der Waals surface area contributed by atoms with Crippen LogP contribution in [0, 0.1) is 5.92 Å². The van der Waals surface area contributed by atoms with Crippen LogP contribution in [-0.4, -0.2) is 71.0 Å². The molecule has 154 valence electrons. The van der Waals surface area contributed by atoms with Gasteiger partial charge in [-0.3, -0.25) is 19.7 Å². The molecule has 1 saturated carbocycles. The summed E-state index contributed by atoms with van der Waals surface area (Å²) in [6.07, 6.45) is 1.97. The number of carbonyl (C=O) groups is 4. The summed E-state index contributed by atoms with van der Waals surface area (Å²) in [7, 11) is 0. The highest BCUT2D eigenvalue weighted by atomic mass is 32.2. The summed E-state index contributed by atoms with van der Waals surface area (Å²) in [5, 5.41) is 4.89. The molecule has 8 nitrogen and oxygen atoms in total. The Morgan fingerprint density at radius 2 is 1.76 bits per heavy atom. The molecule has 0 aromatic heterocycles. The van der Waals surface area contributed by atoms with E-state index in [4.69, 9.17) is 0 Å². The Balaban J connectivity index is 1.40. The quantitative estimate of drug-likeness (QED) is 0.553. The number of thioether (sulfide) groups is 1. The number of hydrogen-bond acceptors (Lipinski definition) is 5. The molecule has 3 fully saturated rings. The minimum absolute atomic E-state index is 0.0725. The van der Waals surface area contributed by atoms with Crippen LogP contribution in [0.2, 0.25) is 0 Å². The molecule has 0 bridgehead atoms. The van der Waals surface area contributed by atoms with E-state index >= 15 is 0 Å². The van der Waals surface area contributed by atoms with Crippen LogP contribution in [0.15, 0.2) is 29.2 Å². The van der Waals surface area contributed by atoms with E-state index in [1.165, 1.54) is 11.8 Å². The Kier molecular flexibility index (Phi) is 5.24. The van der Waals surface area contributed by atoms with Crippen molar-refractivity contribution in [1.29, 1.82) is 0 Å². The Morgan fingerprint density at radius 3 is 2.38 bits per heavy atom. The molecule has 3 aliphatic rings. The zero-order valence-corrected chi connectivity index (χ0v) is 17.1. The first-order valence-corrected chi connectivity index (χ1v) is 10.8. The summed E-state index contributed by atoms with van der Waals surface area (Å²) >= 11 is 1.37. The van der Waals surface area contributed by atoms with Gasteiger partial charge in [-0.05, 0) is 31.9 Å². The number of benzene rings is 1. The summed E-state index contributed by atoms with van der Waals surface area (Å²) in [5.41, 5.74) is -0.431. The van der Waals surface area contributed by atoms with E-state index in [1.54, 1.807) is 17.9 Å². The second-order valence-corrected chi connectivity index (χ2v) is 8.93. The lowest BCUT2D eigenvalue weighted by atomic mass is 10.1. The minimum Gasteiger partial charge on any atom is -0.339 e. The van der Waals surface area contributed by atoms with Gasteiger partial charge in [-0.2, -0.15) is 0 Å². The van der Waals surface area contributed by atoms with E-state index in [1.807, 2.05) is 23.1 Å². The van der Waals surface area contributed by atoms with Crippen LogP contribution in [0.1, 0.15) is 30.1 Å². The van der Waals surface area contributed by atoms with Crippen molar-refractivity contribution in [3.63, 3.8) is 0 Å². The van der Waals surface area contributed by atoms with Crippen LogP contribution >= 0.6 is 11.8 Å². The number of carbonyl (C=O) groups excluding carboxylic acids is 4. The highest BCUT2D eigenvalue weighted by Gasteiger charge is 2.42. The smallest absolute Gasteiger partial charge is 0.322 e. The Labute approximate surface area is 173 Å². The molecule has 2 saturated heterocycles. The van der Waals surface area contributed by atoms with Crippen LogP contribution in [0.25, 0.3) is 0 Å². The highest BCUT2D eigenvalue weighted by molar-refractivity contribution is 7.99. The number of imide groups is 1. The van der Waals surface area contributed by atoms with Gasteiger partial charge < -0.3 is 15.1 Å². The molecular weight excluding hydrogens is 392 g/mol. The number of nitrogens with zero attached hydrogens (tertiary/aromatic N) is 2. The third-order valence-electron chi connectivity index (χ3n) is 5.56. The average molecular weight is 417 g/mol. The molecule has 0 radical (unpaired) electrons. The number of urea groups is 1. The van der Waals surface area contributed by atoms with Crippen molar-refractivity contribution in [3.05, 3.63) is 29.8 Å². The molecule has 1 aromatic carbocycles. The molecule has 4 rings (SSSR count). The summed E-state index contributed by atoms with van der Waals surface area (Å²) in [4.78, 5) is 53.2. The largest absolute Gasteiger partial charge is 0.339 e. The highest BCUT2D eigenvalue weighted by Crippen LogP contribution is 2.32. The van der Waals surface area contributed by atoms with Crippen LogP contribution in [0.5, 0.6) is 0 Å². The van der Waals surface area contributed by atoms with Crippen molar-refractivity contribution in [2.45, 2.75) is 30.2 Å². The summed E-state index contributed by atoms with van der Waals surface area (Å²) < 4.78 is 0. The third kappa shape index (κ3) is 4.10. The van der Waals surface area contributed by atoms with Crippen LogP contribution in [0.4, 0.5) is 4.79 Å². The molecule has 2 aliphatic heterocycles. The van der Waals surface area contributed by atoms with Gasteiger partial charge in [0.2, 0.25) is 5.91 Å². The monoisotopic (exact) mass is 416 g/mol. The lowest BCUT2D eigenvalue weighted by Gasteiger charge is -2.35. The van der Waals surface area contributed by atoms with Gasteiger partial charge in [-0.15, -0.1) is 11.8 Å². The molecule has 2 N–H and O–H groups in total. The number of piperazine rings is 1. The summed E-state index contributed by atoms with van der Waals surface area (Å²) in [6, 6.07) is 6.79. The van der Waals surface area contributed by atoms with E-state index in [0.29, 0.717) is 37.5 Å². The van der Waals surface area contributed by atoms with Gasteiger partial charge >= 0.3 is 6.03 Å². The van der Waals surface area contributed by atoms with Crippen LogP contribution in [0.3, 0.4) is 0 Å². The Bertz CT molecular complexity index is 864. The minimum atomic E-state index is -1.01. The van der Waals surface area contributed by atoms with Crippen LogP contribution < -0.4 is 10.6 Å². The van der Waals surface area contributed by atoms with Gasteiger partial charge in [0.05, 0.1) is 5.56 Å². The van der Waals surface area contributed by atoms with Crippen molar-refractivity contribution in [3.8, 4) is 0 Å². The normalized spacial score (nSPS) is 24.3. The topological polar surface area (TPSA) is 98.8 Å². The van der Waals surface area contributed by atoms with Crippen molar-refractivity contribution < 1.29 is 19.2 Å². The maximum atomic E-state index is 13.1. The molecular formula is C20H24N4O4S. The van der Waals surface area contributed by atoms with E-state index in [2.05, 4.69) is 10.6 Å². The first-order valence-electron chi connectivity index (χ1n) is 9.81. The zero-order chi connectivity index (χ0) is 20.6. The van der Waals surface area contributed by atoms with Gasteiger partial charge in [0.25, 0.3) is 11.8 Å². The fourth-order valence-electron chi connectivity index (χ4n) is 3.56. The second-order valence-electron chi connectivity index (χ2n) is 7.92. The lowest BCUT2D eigenvalue weighted by Crippen LogP contribution is -2.51. The number of amides is 5. The fourth-order valence-corrected chi connectivity index (χ4v) is 4.69. The number of rotatable bonds is 5. The molecule has 9 heteroatoms. The molecule has 0 spiro atoms. The fraction of sp³-hybridized carbons (Fsp3) is 0.500. The standard InChI is InChI=1S/C20H24N4O4S/c1-20(18(27)21-19(28)22-20)12-29-15-5-3-2-4-14(15)17(26)24-10-8-23(9-11-24)16(25)13-6-7-13/h2-5,13H,6-12H2,1H3,(H2,21,22,27,28)/t20-/m1/s1. The van der Waals surface area contributed by atoms with E-state index in [0.717, 1.165) is 17.7 Å². The molecule has 1 aromatic rings. The summed E-state index contributed by atoms with van der Waals surface area (Å²) in [6.45, 7) is 3.85. The maximum absolute atomic E-state index is 13.1. The molecule has 5 amide bonds. The summed E-state index contributed by atoms with van der Waals surface area (Å²) in [5.74, 6) is 0.299. The van der Waals surface area contributed by atoms with Crippen molar-refractivity contribution >= 4 is 35.5 Å². The SMILES string of the molecule is C[C@]1(CSc2ccccc2C(=O)N2CCN(C(=O)C3CC3)CC2)NC(=O)NC1=O. The van der Waals surface area contributed by atoms with Crippen molar-refractivity contribution in [2.75, 3.05) is 31.9 Å². The zero-order valence-electron chi connectivity index (χ0n) is 16.3. The molecule has 2 heterocycles. The number of nitrogens with one attached hydrogen (secondary N) is 2. The van der Waals surface area contributed by atoms with E-state index in [9.17, 15) is 19.2 Å². The van der Waals surface area contributed by atoms with Crippen molar-refractivity contribution in [1.82, 2.24) is 20.4 Å². The van der Waals surface area contributed by atoms with Gasteiger partial charge in [0.15, 0.2) is 0 Å². The van der Waals surface area contributed by atoms with E-state index < -0.39 is 11.6 Å². The average Bonchev–Trinajstić information content (AvgIpc) is 3.53. The Hall–Kier alpha value is -2.55. The Morgan fingerprint density at radius 1 is 1.10 bits per heavy atom. The predicted octanol–water partition coefficient (Wildman–Crippen LogP) is 1.07. The van der Waals surface area contributed by atoms with E-state index in [-0.39, 0.29) is 23.6 Å².